The Kier molecular flexibility index (Phi) is 5.94. The first-order chi connectivity index (χ1) is 12.3. The molecule has 0 unspecified atom stereocenters. The maximum absolute atomic E-state index is 12.1. The molecule has 0 fully saturated rings. The van der Waals surface area contributed by atoms with Gasteiger partial charge in [0.25, 0.3) is 11.6 Å². The standard InChI is InChI=1S/C17H19N3O6/c1-11(15-5-4-8-25-15)18-16(21)10-26-17(22)12-6-7-13(19(2)3)14(9-12)20(23)24/h4-9,11H,10H2,1-3H3,(H,18,21)/t11-/m1/s1. The lowest BCUT2D eigenvalue weighted by atomic mass is 10.1. The molecule has 138 valence electrons. The van der Waals surface area contributed by atoms with Gasteiger partial charge in [0.1, 0.15) is 11.4 Å². The van der Waals surface area contributed by atoms with E-state index >= 15 is 0 Å². The molecule has 1 amide bonds. The minimum Gasteiger partial charge on any atom is -0.467 e. The van der Waals surface area contributed by atoms with Crippen molar-refractivity contribution in [3.05, 3.63) is 58.0 Å². The van der Waals surface area contributed by atoms with Crippen molar-refractivity contribution >= 4 is 23.3 Å². The van der Waals surface area contributed by atoms with E-state index in [9.17, 15) is 19.7 Å². The van der Waals surface area contributed by atoms with Crippen LogP contribution in [0.25, 0.3) is 0 Å². The predicted octanol–water partition coefficient (Wildman–Crippen LogP) is 2.29. The van der Waals surface area contributed by atoms with Gasteiger partial charge in [0.05, 0.1) is 22.8 Å². The van der Waals surface area contributed by atoms with Gasteiger partial charge in [-0.3, -0.25) is 14.9 Å². The monoisotopic (exact) mass is 361 g/mol. The Morgan fingerprint density at radius 3 is 2.65 bits per heavy atom. The number of anilines is 1. The van der Waals surface area contributed by atoms with Crippen LogP contribution in [-0.4, -0.2) is 37.5 Å². The molecule has 1 heterocycles. The maximum Gasteiger partial charge on any atom is 0.338 e. The molecule has 0 aliphatic heterocycles. The number of esters is 1. The molecule has 1 aromatic heterocycles. The molecule has 0 bridgehead atoms. The van der Waals surface area contributed by atoms with E-state index in [0.717, 1.165) is 6.07 Å². The molecule has 2 aromatic rings. The van der Waals surface area contributed by atoms with Gasteiger partial charge in [0.2, 0.25) is 0 Å². The first-order valence-electron chi connectivity index (χ1n) is 7.75. The predicted molar refractivity (Wildman–Crippen MR) is 93.0 cm³/mol. The number of nitro groups is 1. The molecule has 0 aliphatic carbocycles. The summed E-state index contributed by atoms with van der Waals surface area (Å²) in [4.78, 5) is 36.1. The molecule has 1 atom stereocenters. The molecule has 0 radical (unpaired) electrons. The molecule has 26 heavy (non-hydrogen) atoms. The summed E-state index contributed by atoms with van der Waals surface area (Å²) in [5, 5.41) is 13.8. The normalized spacial score (nSPS) is 11.5. The lowest BCUT2D eigenvalue weighted by molar-refractivity contribution is -0.384. The van der Waals surface area contributed by atoms with Crippen LogP contribution in [0.1, 0.15) is 29.1 Å². The largest absolute Gasteiger partial charge is 0.467 e. The van der Waals surface area contributed by atoms with Crippen LogP contribution in [0.2, 0.25) is 0 Å². The molecule has 2 rings (SSSR count). The first-order valence-corrected chi connectivity index (χ1v) is 7.75. The fourth-order valence-corrected chi connectivity index (χ4v) is 2.28. The van der Waals surface area contributed by atoms with Crippen molar-refractivity contribution in [3.8, 4) is 0 Å². The SMILES string of the molecule is C[C@@H](NC(=O)COC(=O)c1ccc(N(C)C)c([N+](=O)[O-])c1)c1ccco1. The zero-order valence-electron chi connectivity index (χ0n) is 14.6. The van der Waals surface area contributed by atoms with E-state index in [-0.39, 0.29) is 17.3 Å². The molecule has 9 nitrogen and oxygen atoms in total. The summed E-state index contributed by atoms with van der Waals surface area (Å²) in [7, 11) is 3.32. The van der Waals surface area contributed by atoms with E-state index in [4.69, 9.17) is 9.15 Å². The van der Waals surface area contributed by atoms with E-state index in [1.54, 1.807) is 38.1 Å². The van der Waals surface area contributed by atoms with Crippen molar-refractivity contribution in [1.29, 1.82) is 0 Å². The number of hydrogen-bond donors (Lipinski definition) is 1. The number of nitrogens with zero attached hydrogens (tertiary/aromatic N) is 2. The number of furan rings is 1. The number of carbonyl (C=O) groups is 2. The second-order valence-corrected chi connectivity index (χ2v) is 5.74. The van der Waals surface area contributed by atoms with Gasteiger partial charge in [-0.05, 0) is 31.2 Å². The van der Waals surface area contributed by atoms with Crippen LogP contribution in [0.5, 0.6) is 0 Å². The van der Waals surface area contributed by atoms with Crippen molar-refractivity contribution in [2.45, 2.75) is 13.0 Å². The summed E-state index contributed by atoms with van der Waals surface area (Å²) in [5.74, 6) is -0.763. The van der Waals surface area contributed by atoms with Crippen LogP contribution in [0.15, 0.2) is 41.0 Å². The Morgan fingerprint density at radius 1 is 1.35 bits per heavy atom. The van der Waals surface area contributed by atoms with E-state index in [0.29, 0.717) is 11.4 Å². The third-order valence-corrected chi connectivity index (χ3v) is 3.57. The molecule has 1 aromatic carbocycles. The summed E-state index contributed by atoms with van der Waals surface area (Å²) in [5.41, 5.74) is 0.131. The minimum atomic E-state index is -0.820. The van der Waals surface area contributed by atoms with Gasteiger partial charge in [0, 0.05) is 20.2 Å². The summed E-state index contributed by atoms with van der Waals surface area (Å²) in [6, 6.07) is 7.02. The Balaban J connectivity index is 1.98. The van der Waals surface area contributed by atoms with Crippen molar-refractivity contribution < 1.29 is 23.7 Å². The number of benzene rings is 1. The van der Waals surface area contributed by atoms with E-state index in [1.807, 2.05) is 0 Å². The molecule has 0 saturated carbocycles. The highest BCUT2D eigenvalue weighted by molar-refractivity contribution is 5.93. The molecule has 0 saturated heterocycles. The summed E-state index contributed by atoms with van der Waals surface area (Å²) >= 11 is 0. The Morgan fingerprint density at radius 2 is 2.08 bits per heavy atom. The number of amides is 1. The minimum absolute atomic E-state index is 0.00539. The highest BCUT2D eigenvalue weighted by atomic mass is 16.6. The second-order valence-electron chi connectivity index (χ2n) is 5.74. The van der Waals surface area contributed by atoms with Gasteiger partial charge >= 0.3 is 5.97 Å². The third-order valence-electron chi connectivity index (χ3n) is 3.57. The fourth-order valence-electron chi connectivity index (χ4n) is 2.28. The van der Waals surface area contributed by atoms with Crippen LogP contribution in [-0.2, 0) is 9.53 Å². The number of hydrogen-bond acceptors (Lipinski definition) is 7. The molecule has 9 heteroatoms. The van der Waals surface area contributed by atoms with Gasteiger partial charge in [-0.15, -0.1) is 0 Å². The third kappa shape index (κ3) is 4.59. The molecule has 0 aliphatic rings. The zero-order chi connectivity index (χ0) is 19.3. The van der Waals surface area contributed by atoms with Crippen molar-refractivity contribution in [1.82, 2.24) is 5.32 Å². The fraction of sp³-hybridized carbons (Fsp3) is 0.294. The number of nitrogens with one attached hydrogen (secondary N) is 1. The second kappa shape index (κ2) is 8.15. The molecular formula is C17H19N3O6. The summed E-state index contributed by atoms with van der Waals surface area (Å²) < 4.78 is 10.1. The van der Waals surface area contributed by atoms with E-state index < -0.39 is 23.4 Å². The molecular weight excluding hydrogens is 342 g/mol. The van der Waals surface area contributed by atoms with E-state index in [1.165, 1.54) is 18.4 Å². The van der Waals surface area contributed by atoms with Crippen LogP contribution >= 0.6 is 0 Å². The highest BCUT2D eigenvalue weighted by Gasteiger charge is 2.20. The molecule has 1 N–H and O–H groups in total. The Hall–Kier alpha value is -3.36. The first kappa shape index (κ1) is 19.0. The molecule has 0 spiro atoms. The zero-order valence-corrected chi connectivity index (χ0v) is 14.6. The Labute approximate surface area is 149 Å². The van der Waals surface area contributed by atoms with Crippen LogP contribution in [0.4, 0.5) is 11.4 Å². The highest BCUT2D eigenvalue weighted by Crippen LogP contribution is 2.27. The van der Waals surface area contributed by atoms with Crippen molar-refractivity contribution in [2.24, 2.45) is 0 Å². The average Bonchev–Trinajstić information content (AvgIpc) is 3.13. The van der Waals surface area contributed by atoms with Crippen LogP contribution in [0, 0.1) is 10.1 Å². The average molecular weight is 361 g/mol. The van der Waals surface area contributed by atoms with Gasteiger partial charge in [0.15, 0.2) is 6.61 Å². The van der Waals surface area contributed by atoms with Gasteiger partial charge in [-0.1, -0.05) is 0 Å². The topological polar surface area (TPSA) is 115 Å². The van der Waals surface area contributed by atoms with Crippen molar-refractivity contribution in [2.75, 3.05) is 25.6 Å². The van der Waals surface area contributed by atoms with Gasteiger partial charge in [-0.25, -0.2) is 4.79 Å². The quantitative estimate of drug-likeness (QED) is 0.457. The lowest BCUT2D eigenvalue weighted by Crippen LogP contribution is -2.31. The van der Waals surface area contributed by atoms with Crippen molar-refractivity contribution in [3.63, 3.8) is 0 Å². The summed E-state index contributed by atoms with van der Waals surface area (Å²) in [6.07, 6.45) is 1.49. The number of ether oxygens (including phenoxy) is 1. The lowest BCUT2D eigenvalue weighted by Gasteiger charge is -2.14. The smallest absolute Gasteiger partial charge is 0.338 e. The maximum atomic E-state index is 12.1. The van der Waals surface area contributed by atoms with Crippen LogP contribution in [0.3, 0.4) is 0 Å². The summed E-state index contributed by atoms with van der Waals surface area (Å²) in [6.45, 7) is 1.22. The number of carbonyl (C=O) groups excluding carboxylic acids is 2. The van der Waals surface area contributed by atoms with Gasteiger partial charge in [-0.2, -0.15) is 0 Å². The van der Waals surface area contributed by atoms with Crippen LogP contribution < -0.4 is 10.2 Å². The number of rotatable bonds is 7. The number of nitro benzene ring substituents is 1. The van der Waals surface area contributed by atoms with E-state index in [2.05, 4.69) is 5.32 Å². The Bertz CT molecular complexity index is 801. The van der Waals surface area contributed by atoms with Gasteiger partial charge < -0.3 is 19.4 Å².